The normalized spacial score (nSPS) is 21.8. The summed E-state index contributed by atoms with van der Waals surface area (Å²) in [6, 6.07) is 0. The number of carboxylic acids is 1. The number of carbonyl (C=O) groups excluding carboxylic acids is 1. The molecule has 0 aliphatic heterocycles. The number of carbonyl (C=O) groups is 2. The Morgan fingerprint density at radius 3 is 2.69 bits per heavy atom. The third kappa shape index (κ3) is 9.33. The Kier molecular flexibility index (Phi) is 11.0. The van der Waals surface area contributed by atoms with Crippen molar-refractivity contribution in [3.63, 3.8) is 0 Å². The summed E-state index contributed by atoms with van der Waals surface area (Å²) in [4.78, 5) is 22.4. The molecule has 0 aromatic heterocycles. The molecule has 4 nitrogen and oxygen atoms in total. The van der Waals surface area contributed by atoms with Crippen LogP contribution in [0, 0.1) is 11.8 Å². The smallest absolute Gasteiger partial charge is 0.303 e. The lowest BCUT2D eigenvalue weighted by molar-refractivity contribution is -0.136. The van der Waals surface area contributed by atoms with Crippen LogP contribution in [0.3, 0.4) is 0 Å². The van der Waals surface area contributed by atoms with Gasteiger partial charge < -0.3 is 10.2 Å². The second kappa shape index (κ2) is 13.1. The van der Waals surface area contributed by atoms with Crippen LogP contribution in [0.1, 0.15) is 45.4 Å². The van der Waals surface area contributed by atoms with Crippen LogP contribution >= 0.6 is 0 Å². The molecule has 0 heterocycles. The van der Waals surface area contributed by atoms with Crippen molar-refractivity contribution in [1.29, 1.82) is 0 Å². The number of rotatable bonds is 12. The van der Waals surface area contributed by atoms with Crippen molar-refractivity contribution in [3.8, 4) is 0 Å². The lowest BCUT2D eigenvalue weighted by atomic mass is 9.90. The Morgan fingerprint density at radius 1 is 1.19 bits per heavy atom. The molecule has 142 valence electrons. The minimum atomic E-state index is -0.821. The second-order valence-corrected chi connectivity index (χ2v) is 6.36. The minimum Gasteiger partial charge on any atom is -0.481 e. The zero-order chi connectivity index (χ0) is 19.2. The van der Waals surface area contributed by atoms with E-state index in [2.05, 4.69) is 19.1 Å². The molecular weight excluding hydrogens is 328 g/mol. The van der Waals surface area contributed by atoms with Crippen molar-refractivity contribution in [2.24, 2.45) is 11.8 Å². The molecule has 0 spiro atoms. The summed E-state index contributed by atoms with van der Waals surface area (Å²) in [5.41, 5.74) is 0. The van der Waals surface area contributed by atoms with Gasteiger partial charge in [0.25, 0.3) is 0 Å². The van der Waals surface area contributed by atoms with E-state index >= 15 is 0 Å². The van der Waals surface area contributed by atoms with Crippen molar-refractivity contribution in [1.82, 2.24) is 0 Å². The Morgan fingerprint density at radius 2 is 1.96 bits per heavy atom. The molecule has 1 aliphatic rings. The van der Waals surface area contributed by atoms with E-state index in [1.807, 2.05) is 36.5 Å². The van der Waals surface area contributed by atoms with Crippen LogP contribution in [-0.4, -0.2) is 28.1 Å². The third-order valence-electron chi connectivity index (χ3n) is 4.17. The first-order valence-electron chi connectivity index (χ1n) is 9.29. The SMILES string of the molecule is CC/C=C\C/C=C\CC(O)/C=C/C1C=CC(=O)C1C/C=C\CCC(=O)O. The van der Waals surface area contributed by atoms with Crippen molar-refractivity contribution in [3.05, 3.63) is 60.8 Å². The lowest BCUT2D eigenvalue weighted by Gasteiger charge is -2.13. The number of allylic oxidation sites excluding steroid dienone is 8. The van der Waals surface area contributed by atoms with Crippen LogP contribution in [-0.2, 0) is 9.59 Å². The first kappa shape index (κ1) is 21.8. The number of carboxylic acid groups (broad SMARTS) is 1. The van der Waals surface area contributed by atoms with Gasteiger partial charge in [-0.2, -0.15) is 0 Å². The van der Waals surface area contributed by atoms with Gasteiger partial charge in [0.2, 0.25) is 0 Å². The minimum absolute atomic E-state index is 0.0160. The van der Waals surface area contributed by atoms with Crippen LogP contribution in [0.15, 0.2) is 60.8 Å². The monoisotopic (exact) mass is 358 g/mol. The fourth-order valence-corrected chi connectivity index (χ4v) is 2.70. The van der Waals surface area contributed by atoms with Gasteiger partial charge in [0.1, 0.15) is 0 Å². The first-order chi connectivity index (χ1) is 12.5. The maximum absolute atomic E-state index is 12.0. The van der Waals surface area contributed by atoms with Crippen LogP contribution in [0.25, 0.3) is 0 Å². The van der Waals surface area contributed by atoms with Gasteiger partial charge in [-0.25, -0.2) is 0 Å². The molecule has 0 bridgehead atoms. The molecule has 0 saturated heterocycles. The van der Waals surface area contributed by atoms with Crippen molar-refractivity contribution in [2.45, 2.75) is 51.6 Å². The summed E-state index contributed by atoms with van der Waals surface area (Å²) >= 11 is 0. The number of hydrogen-bond donors (Lipinski definition) is 2. The highest BCUT2D eigenvalue weighted by atomic mass is 16.4. The second-order valence-electron chi connectivity index (χ2n) is 6.36. The molecule has 0 fully saturated rings. The van der Waals surface area contributed by atoms with Gasteiger partial charge in [0.05, 0.1) is 6.10 Å². The lowest BCUT2D eigenvalue weighted by Crippen LogP contribution is -2.14. The standard InChI is InChI=1S/C22H30O4/c1-2-3-4-5-6-8-11-19(23)16-14-18-15-17-21(24)20(18)12-9-7-10-13-22(25)26/h3-4,6-9,14-20,23H,2,5,10-13H2,1H3,(H,25,26)/b4-3-,8-6-,9-7-,16-14+. The molecule has 0 aromatic carbocycles. The molecule has 0 radical (unpaired) electrons. The van der Waals surface area contributed by atoms with Crippen molar-refractivity contribution in [2.75, 3.05) is 0 Å². The van der Waals surface area contributed by atoms with E-state index in [0.717, 1.165) is 12.8 Å². The van der Waals surface area contributed by atoms with Crippen LogP contribution in [0.4, 0.5) is 0 Å². The molecule has 0 amide bonds. The molecular formula is C22H30O4. The van der Waals surface area contributed by atoms with Crippen LogP contribution in [0.2, 0.25) is 0 Å². The topological polar surface area (TPSA) is 74.6 Å². The maximum Gasteiger partial charge on any atom is 0.303 e. The fourth-order valence-electron chi connectivity index (χ4n) is 2.70. The van der Waals surface area contributed by atoms with Gasteiger partial charge >= 0.3 is 5.97 Å². The number of aliphatic hydroxyl groups is 1. The van der Waals surface area contributed by atoms with Crippen LogP contribution in [0.5, 0.6) is 0 Å². The third-order valence-corrected chi connectivity index (χ3v) is 4.17. The predicted molar refractivity (Wildman–Crippen MR) is 105 cm³/mol. The largest absolute Gasteiger partial charge is 0.481 e. The Bertz CT molecular complexity index is 581. The van der Waals surface area contributed by atoms with E-state index < -0.39 is 12.1 Å². The molecule has 1 rings (SSSR count). The Labute approximate surface area is 156 Å². The zero-order valence-electron chi connectivity index (χ0n) is 15.5. The molecule has 1 aliphatic carbocycles. The molecule has 3 unspecified atom stereocenters. The van der Waals surface area contributed by atoms with Crippen LogP contribution < -0.4 is 0 Å². The number of ketones is 1. The van der Waals surface area contributed by atoms with Gasteiger partial charge in [-0.05, 0) is 38.2 Å². The van der Waals surface area contributed by atoms with Gasteiger partial charge in [0, 0.05) is 18.3 Å². The summed E-state index contributed by atoms with van der Waals surface area (Å²) in [5, 5.41) is 18.6. The summed E-state index contributed by atoms with van der Waals surface area (Å²) in [7, 11) is 0. The van der Waals surface area contributed by atoms with E-state index in [0.29, 0.717) is 19.3 Å². The zero-order valence-corrected chi connectivity index (χ0v) is 15.5. The van der Waals surface area contributed by atoms with Gasteiger partial charge in [-0.3, -0.25) is 9.59 Å². The number of aliphatic hydroxyl groups excluding tert-OH is 1. The highest BCUT2D eigenvalue weighted by Gasteiger charge is 2.27. The van der Waals surface area contributed by atoms with E-state index in [9.17, 15) is 14.7 Å². The predicted octanol–water partition coefficient (Wildman–Crippen LogP) is 4.39. The summed E-state index contributed by atoms with van der Waals surface area (Å²) in [5.74, 6) is -0.912. The summed E-state index contributed by atoms with van der Waals surface area (Å²) < 4.78 is 0. The molecule has 26 heavy (non-hydrogen) atoms. The van der Waals surface area contributed by atoms with Crippen molar-refractivity contribution >= 4 is 11.8 Å². The summed E-state index contributed by atoms with van der Waals surface area (Å²) in [6.07, 6.45) is 22.1. The number of aliphatic carboxylic acids is 1. The molecule has 2 N–H and O–H groups in total. The van der Waals surface area contributed by atoms with E-state index in [-0.39, 0.29) is 24.0 Å². The Hall–Kier alpha value is -2.20. The Balaban J connectivity index is 2.41. The van der Waals surface area contributed by atoms with E-state index in [1.165, 1.54) is 0 Å². The molecule has 0 aromatic rings. The van der Waals surface area contributed by atoms with Gasteiger partial charge in [-0.1, -0.05) is 61.6 Å². The molecule has 3 atom stereocenters. The van der Waals surface area contributed by atoms with E-state index in [1.54, 1.807) is 12.2 Å². The van der Waals surface area contributed by atoms with Gasteiger partial charge in [0.15, 0.2) is 5.78 Å². The average Bonchev–Trinajstić information content (AvgIpc) is 2.95. The number of hydrogen-bond acceptors (Lipinski definition) is 3. The van der Waals surface area contributed by atoms with Gasteiger partial charge in [-0.15, -0.1) is 0 Å². The van der Waals surface area contributed by atoms with Crippen molar-refractivity contribution < 1.29 is 19.8 Å². The highest BCUT2D eigenvalue weighted by molar-refractivity contribution is 5.95. The first-order valence-corrected chi connectivity index (χ1v) is 9.29. The fraction of sp³-hybridized carbons (Fsp3) is 0.455. The van der Waals surface area contributed by atoms with E-state index in [4.69, 9.17) is 5.11 Å². The average molecular weight is 358 g/mol. The molecule has 0 saturated carbocycles. The maximum atomic E-state index is 12.0. The highest BCUT2D eigenvalue weighted by Crippen LogP contribution is 2.27. The quantitative estimate of drug-likeness (QED) is 0.507. The molecule has 4 heteroatoms. The summed E-state index contributed by atoms with van der Waals surface area (Å²) in [6.45, 7) is 2.09.